The summed E-state index contributed by atoms with van der Waals surface area (Å²) in [5.41, 5.74) is 9.97. The average molecular weight is 424 g/mol. The molecule has 4 aromatic rings. The molecule has 2 aliphatic rings. The van der Waals surface area contributed by atoms with Crippen molar-refractivity contribution in [1.29, 1.82) is 0 Å². The molecule has 0 radical (unpaired) electrons. The fraction of sp³-hybridized carbons (Fsp3) is 0.379. The lowest BCUT2D eigenvalue weighted by molar-refractivity contribution is -0.634. The maximum absolute atomic E-state index is 6.61. The van der Waals surface area contributed by atoms with Crippen molar-refractivity contribution in [3.63, 3.8) is 0 Å². The van der Waals surface area contributed by atoms with Crippen molar-refractivity contribution in [3.8, 4) is 22.9 Å². The van der Waals surface area contributed by atoms with Gasteiger partial charge in [-0.15, -0.1) is 0 Å². The first-order chi connectivity index (χ1) is 15.4. The lowest BCUT2D eigenvalue weighted by Crippen LogP contribution is -2.34. The molecule has 1 aliphatic heterocycles. The Bertz CT molecular complexity index is 1410. The maximum atomic E-state index is 6.61. The number of nitrogens with zero attached hydrogens (tertiary/aromatic N) is 2. The van der Waals surface area contributed by atoms with Crippen LogP contribution in [0.2, 0.25) is 0 Å². The summed E-state index contributed by atoms with van der Waals surface area (Å²) in [7, 11) is 2.17. The summed E-state index contributed by atoms with van der Waals surface area (Å²) in [5, 5.41) is 2.48. The molecular formula is C29H31N2O+. The summed E-state index contributed by atoms with van der Waals surface area (Å²) < 4.78 is 8.93. The van der Waals surface area contributed by atoms with Gasteiger partial charge in [-0.1, -0.05) is 51.0 Å². The summed E-state index contributed by atoms with van der Waals surface area (Å²) in [4.78, 5) is 5.21. The third-order valence-electron chi connectivity index (χ3n) is 7.81. The number of hydrogen-bond acceptors (Lipinski definition) is 2. The van der Waals surface area contributed by atoms with E-state index in [4.69, 9.17) is 9.72 Å². The predicted octanol–water partition coefficient (Wildman–Crippen LogP) is 7.38. The highest BCUT2D eigenvalue weighted by atomic mass is 16.5. The average Bonchev–Trinajstić information content (AvgIpc) is 3.31. The van der Waals surface area contributed by atoms with Crippen LogP contribution in [0.3, 0.4) is 0 Å². The quantitative estimate of drug-likeness (QED) is 0.277. The Kier molecular flexibility index (Phi) is 4.33. The molecule has 1 aliphatic carbocycles. The van der Waals surface area contributed by atoms with E-state index in [1.807, 2.05) is 0 Å². The molecule has 0 N–H and O–H groups in total. The molecule has 0 bridgehead atoms. The topological polar surface area (TPSA) is 26.0 Å². The number of fused-ring (bicyclic) bond motifs is 3. The molecule has 1 aromatic heterocycles. The van der Waals surface area contributed by atoms with Crippen LogP contribution in [-0.2, 0) is 7.05 Å². The highest BCUT2D eigenvalue weighted by Crippen LogP contribution is 2.48. The van der Waals surface area contributed by atoms with Crippen LogP contribution in [0.5, 0.6) is 11.6 Å². The zero-order valence-electron chi connectivity index (χ0n) is 19.7. The minimum absolute atomic E-state index is 0.445. The first-order valence-electron chi connectivity index (χ1n) is 12.0. The third kappa shape index (κ3) is 2.73. The van der Waals surface area contributed by atoms with Gasteiger partial charge in [0.25, 0.3) is 11.6 Å². The molecule has 3 aromatic carbocycles. The second-order valence-corrected chi connectivity index (χ2v) is 10.1. The Hall–Kier alpha value is -2.94. The summed E-state index contributed by atoms with van der Waals surface area (Å²) >= 11 is 0. The molecule has 0 atom stereocenters. The molecular weight excluding hydrogens is 392 g/mol. The minimum Gasteiger partial charge on any atom is -0.433 e. The van der Waals surface area contributed by atoms with Crippen LogP contribution in [0.25, 0.3) is 33.1 Å². The molecule has 32 heavy (non-hydrogen) atoms. The van der Waals surface area contributed by atoms with Gasteiger partial charge in [-0.05, 0) is 72.2 Å². The maximum Gasteiger partial charge on any atom is 0.294 e. The standard InChI is InChI=1S/C29H31N2O/c1-16(2)20-14-21-13-17(3)18(4)25-26(21)24(15-20)32-29-28(25)31(5)23-12-8-11-22(27(23)30-29)19-9-6-7-10-19/h8,11-16,19H,6-7,9-10H2,1-5H3/q+1. The second-order valence-electron chi connectivity index (χ2n) is 10.1. The summed E-state index contributed by atoms with van der Waals surface area (Å²) in [6.07, 6.45) is 5.17. The van der Waals surface area contributed by atoms with E-state index in [1.54, 1.807) is 0 Å². The van der Waals surface area contributed by atoms with Gasteiger partial charge in [-0.25, -0.2) is 4.98 Å². The molecule has 3 nitrogen and oxygen atoms in total. The molecule has 2 heterocycles. The van der Waals surface area contributed by atoms with Gasteiger partial charge in [0.1, 0.15) is 18.3 Å². The molecule has 0 spiro atoms. The van der Waals surface area contributed by atoms with Crippen molar-refractivity contribution >= 4 is 21.8 Å². The van der Waals surface area contributed by atoms with Gasteiger partial charge in [0.2, 0.25) is 5.52 Å². The van der Waals surface area contributed by atoms with E-state index in [0.717, 1.165) is 22.8 Å². The van der Waals surface area contributed by atoms with E-state index in [0.29, 0.717) is 11.8 Å². The zero-order chi connectivity index (χ0) is 22.1. The molecule has 1 saturated carbocycles. The van der Waals surface area contributed by atoms with Crippen LogP contribution in [0.15, 0.2) is 36.4 Å². The second kappa shape index (κ2) is 7.03. The fourth-order valence-corrected chi connectivity index (χ4v) is 5.85. The van der Waals surface area contributed by atoms with E-state index in [-0.39, 0.29) is 0 Å². The smallest absolute Gasteiger partial charge is 0.294 e. The predicted molar refractivity (Wildman–Crippen MR) is 131 cm³/mol. The van der Waals surface area contributed by atoms with Crippen LogP contribution in [0.1, 0.15) is 73.6 Å². The Morgan fingerprint density at radius 2 is 1.84 bits per heavy atom. The Balaban J connectivity index is 1.70. The number of rotatable bonds is 2. The van der Waals surface area contributed by atoms with Crippen molar-refractivity contribution in [2.45, 2.75) is 65.2 Å². The van der Waals surface area contributed by atoms with Crippen LogP contribution in [0, 0.1) is 13.8 Å². The van der Waals surface area contributed by atoms with E-state index in [1.165, 1.54) is 69.8 Å². The van der Waals surface area contributed by atoms with Crippen LogP contribution in [-0.4, -0.2) is 4.98 Å². The van der Waals surface area contributed by atoms with Crippen molar-refractivity contribution < 1.29 is 9.30 Å². The normalized spacial score (nSPS) is 15.6. The van der Waals surface area contributed by atoms with Gasteiger partial charge < -0.3 is 4.74 Å². The van der Waals surface area contributed by atoms with Gasteiger partial charge in [-0.2, -0.15) is 4.57 Å². The molecule has 162 valence electrons. The van der Waals surface area contributed by atoms with Crippen molar-refractivity contribution in [3.05, 3.63) is 58.7 Å². The van der Waals surface area contributed by atoms with E-state index >= 15 is 0 Å². The Morgan fingerprint density at radius 1 is 1.06 bits per heavy atom. The Morgan fingerprint density at radius 3 is 2.59 bits per heavy atom. The molecule has 0 amide bonds. The number of aryl methyl sites for hydroxylation is 2. The van der Waals surface area contributed by atoms with E-state index in [9.17, 15) is 0 Å². The van der Waals surface area contributed by atoms with Crippen molar-refractivity contribution in [2.24, 2.45) is 7.05 Å². The third-order valence-corrected chi connectivity index (χ3v) is 7.81. The molecule has 0 unspecified atom stereocenters. The number of ether oxygens (including phenoxy) is 1. The highest BCUT2D eigenvalue weighted by Gasteiger charge is 2.34. The largest absolute Gasteiger partial charge is 0.433 e. The van der Waals surface area contributed by atoms with Crippen molar-refractivity contribution in [2.75, 3.05) is 0 Å². The summed E-state index contributed by atoms with van der Waals surface area (Å²) in [6.45, 7) is 8.94. The van der Waals surface area contributed by atoms with Gasteiger partial charge in [0, 0.05) is 11.5 Å². The van der Waals surface area contributed by atoms with Crippen molar-refractivity contribution in [1.82, 2.24) is 4.98 Å². The molecule has 6 rings (SSSR count). The Labute approximate surface area is 190 Å². The molecule has 3 heteroatoms. The van der Waals surface area contributed by atoms with Gasteiger partial charge in [0.05, 0.1) is 5.56 Å². The van der Waals surface area contributed by atoms with E-state index < -0.39 is 0 Å². The number of aromatic nitrogens is 2. The van der Waals surface area contributed by atoms with Crippen LogP contribution >= 0.6 is 0 Å². The van der Waals surface area contributed by atoms with Gasteiger partial charge in [0.15, 0.2) is 0 Å². The summed E-state index contributed by atoms with van der Waals surface area (Å²) in [6, 6.07) is 13.6. The fourth-order valence-electron chi connectivity index (χ4n) is 5.85. The lowest BCUT2D eigenvalue weighted by atomic mass is 9.88. The monoisotopic (exact) mass is 423 g/mol. The molecule has 0 saturated heterocycles. The van der Waals surface area contributed by atoms with Crippen LogP contribution < -0.4 is 9.30 Å². The van der Waals surface area contributed by atoms with Crippen LogP contribution in [0.4, 0.5) is 0 Å². The van der Waals surface area contributed by atoms with Gasteiger partial charge in [-0.3, -0.25) is 0 Å². The highest BCUT2D eigenvalue weighted by molar-refractivity contribution is 6.05. The SMILES string of the molecule is Cc1cc2cc(C(C)C)cc3c2c(c1C)-c1c(nc2c(C4CCCC4)cccc2[n+]1C)O3. The first-order valence-corrected chi connectivity index (χ1v) is 12.0. The number of benzene rings is 3. The molecule has 1 fully saturated rings. The first kappa shape index (κ1) is 19.7. The number of hydrogen-bond donors (Lipinski definition) is 0. The number of para-hydroxylation sites is 1. The zero-order valence-corrected chi connectivity index (χ0v) is 19.7. The van der Waals surface area contributed by atoms with E-state index in [2.05, 4.69) is 75.7 Å². The summed E-state index contributed by atoms with van der Waals surface area (Å²) in [5.74, 6) is 2.75. The minimum atomic E-state index is 0.445. The lowest BCUT2D eigenvalue weighted by Gasteiger charge is -2.23. The van der Waals surface area contributed by atoms with Gasteiger partial charge >= 0.3 is 0 Å².